The molecule has 1 aliphatic rings. The number of hydrogen-bond acceptors (Lipinski definition) is 4. The summed E-state index contributed by atoms with van der Waals surface area (Å²) >= 11 is 1.60. The number of amides is 1. The first-order valence-electron chi connectivity index (χ1n) is 6.42. The van der Waals surface area contributed by atoms with Gasteiger partial charge < -0.3 is 0 Å². The van der Waals surface area contributed by atoms with Crippen LogP contribution in [0.15, 0.2) is 24.5 Å². The van der Waals surface area contributed by atoms with Crippen LogP contribution in [0.1, 0.15) is 34.3 Å². The van der Waals surface area contributed by atoms with Gasteiger partial charge >= 0.3 is 0 Å². The Kier molecular flexibility index (Phi) is 3.29. The van der Waals surface area contributed by atoms with E-state index in [1.165, 1.54) is 11.3 Å². The minimum atomic E-state index is -0.146. The number of hydrogen-bond donors (Lipinski definition) is 1. The molecule has 2 aromatic rings. The number of carbonyl (C=O) groups excluding carboxylic acids is 1. The van der Waals surface area contributed by atoms with Crippen LogP contribution in [0.25, 0.3) is 0 Å². The molecule has 0 saturated heterocycles. The Morgan fingerprint density at radius 3 is 3.21 bits per heavy atom. The Morgan fingerprint density at radius 2 is 2.42 bits per heavy atom. The van der Waals surface area contributed by atoms with E-state index in [-0.39, 0.29) is 5.91 Å². The highest BCUT2D eigenvalue weighted by molar-refractivity contribution is 7.15. The van der Waals surface area contributed by atoms with Crippen LogP contribution in [-0.4, -0.2) is 15.9 Å². The molecule has 1 atom stereocenters. The maximum Gasteiger partial charge on any atom is 0.259 e. The van der Waals surface area contributed by atoms with Gasteiger partial charge in [0.05, 0.1) is 11.3 Å². The number of carbonyl (C=O) groups is 1. The molecule has 0 aliphatic heterocycles. The SMILES string of the molecule is C[C@H]1CCc2nc(NC(=O)c3cccnc3)sc2C1. The van der Waals surface area contributed by atoms with E-state index >= 15 is 0 Å². The average molecular weight is 273 g/mol. The van der Waals surface area contributed by atoms with Crippen LogP contribution in [-0.2, 0) is 12.8 Å². The van der Waals surface area contributed by atoms with Gasteiger partial charge in [-0.2, -0.15) is 0 Å². The average Bonchev–Trinajstić information content (AvgIpc) is 2.81. The van der Waals surface area contributed by atoms with Gasteiger partial charge in [0, 0.05) is 17.3 Å². The normalized spacial score (nSPS) is 17.8. The third-order valence-electron chi connectivity index (χ3n) is 3.33. The van der Waals surface area contributed by atoms with Gasteiger partial charge in [0.2, 0.25) is 0 Å². The summed E-state index contributed by atoms with van der Waals surface area (Å²) in [5.41, 5.74) is 1.72. The molecule has 2 aromatic heterocycles. The fourth-order valence-corrected chi connectivity index (χ4v) is 3.43. The van der Waals surface area contributed by atoms with Crippen molar-refractivity contribution in [2.75, 3.05) is 5.32 Å². The van der Waals surface area contributed by atoms with Gasteiger partial charge in [-0.25, -0.2) is 4.98 Å². The molecule has 0 radical (unpaired) electrons. The van der Waals surface area contributed by atoms with Crippen molar-refractivity contribution < 1.29 is 4.79 Å². The molecule has 0 spiro atoms. The minimum absolute atomic E-state index is 0.146. The van der Waals surface area contributed by atoms with Crippen LogP contribution in [0.2, 0.25) is 0 Å². The number of anilines is 1. The number of thiazole rings is 1. The number of pyridine rings is 1. The summed E-state index contributed by atoms with van der Waals surface area (Å²) in [6, 6.07) is 3.50. The molecule has 4 nitrogen and oxygen atoms in total. The molecular weight excluding hydrogens is 258 g/mol. The molecule has 0 unspecified atom stereocenters. The van der Waals surface area contributed by atoms with Gasteiger partial charge in [-0.15, -0.1) is 11.3 Å². The van der Waals surface area contributed by atoms with E-state index in [9.17, 15) is 4.79 Å². The van der Waals surface area contributed by atoms with Gasteiger partial charge in [-0.1, -0.05) is 6.92 Å². The molecule has 19 heavy (non-hydrogen) atoms. The fraction of sp³-hybridized carbons (Fsp3) is 0.357. The zero-order valence-electron chi connectivity index (χ0n) is 10.7. The van der Waals surface area contributed by atoms with Crippen LogP contribution in [0, 0.1) is 5.92 Å². The van der Waals surface area contributed by atoms with Crippen molar-refractivity contribution in [3.63, 3.8) is 0 Å². The summed E-state index contributed by atoms with van der Waals surface area (Å²) in [5, 5.41) is 3.56. The molecule has 0 bridgehead atoms. The predicted molar refractivity (Wildman–Crippen MR) is 75.5 cm³/mol. The molecule has 0 aromatic carbocycles. The van der Waals surface area contributed by atoms with Crippen molar-refractivity contribution >= 4 is 22.4 Å². The number of nitrogens with one attached hydrogen (secondary N) is 1. The zero-order valence-corrected chi connectivity index (χ0v) is 11.5. The molecule has 5 heteroatoms. The van der Waals surface area contributed by atoms with Crippen molar-refractivity contribution in [1.29, 1.82) is 0 Å². The van der Waals surface area contributed by atoms with Crippen LogP contribution < -0.4 is 5.32 Å². The zero-order chi connectivity index (χ0) is 13.2. The lowest BCUT2D eigenvalue weighted by Gasteiger charge is -2.15. The summed E-state index contributed by atoms with van der Waals surface area (Å²) in [4.78, 5) is 21.8. The van der Waals surface area contributed by atoms with E-state index in [1.54, 1.807) is 35.9 Å². The quantitative estimate of drug-likeness (QED) is 0.915. The molecule has 1 N–H and O–H groups in total. The molecule has 0 fully saturated rings. The largest absolute Gasteiger partial charge is 0.298 e. The summed E-state index contributed by atoms with van der Waals surface area (Å²) in [6.07, 6.45) is 6.50. The molecule has 98 valence electrons. The lowest BCUT2D eigenvalue weighted by Crippen LogP contribution is -2.12. The Balaban J connectivity index is 1.76. The molecule has 1 aliphatic carbocycles. The van der Waals surface area contributed by atoms with Gasteiger partial charge in [0.1, 0.15) is 0 Å². The van der Waals surface area contributed by atoms with Crippen molar-refractivity contribution in [2.24, 2.45) is 5.92 Å². The number of fused-ring (bicyclic) bond motifs is 1. The van der Waals surface area contributed by atoms with Gasteiger partial charge in [0.25, 0.3) is 5.91 Å². The Morgan fingerprint density at radius 1 is 1.53 bits per heavy atom. The van der Waals surface area contributed by atoms with Gasteiger partial charge in [-0.3, -0.25) is 15.1 Å². The number of nitrogens with zero attached hydrogens (tertiary/aromatic N) is 2. The van der Waals surface area contributed by atoms with E-state index in [4.69, 9.17) is 0 Å². The number of aromatic nitrogens is 2. The first-order chi connectivity index (χ1) is 9.22. The Bertz CT molecular complexity index is 594. The second kappa shape index (κ2) is 5.09. The van der Waals surface area contributed by atoms with Crippen LogP contribution in [0.5, 0.6) is 0 Å². The highest BCUT2D eigenvalue weighted by Crippen LogP contribution is 2.32. The van der Waals surface area contributed by atoms with Gasteiger partial charge in [-0.05, 0) is 37.3 Å². The third kappa shape index (κ3) is 2.66. The first-order valence-corrected chi connectivity index (χ1v) is 7.24. The summed E-state index contributed by atoms with van der Waals surface area (Å²) in [6.45, 7) is 2.26. The topological polar surface area (TPSA) is 54.9 Å². The molecule has 1 amide bonds. The second-order valence-corrected chi connectivity index (χ2v) is 6.02. The Hall–Kier alpha value is -1.75. The molecule has 3 rings (SSSR count). The summed E-state index contributed by atoms with van der Waals surface area (Å²) in [7, 11) is 0. The molecular formula is C14H15N3OS. The highest BCUT2D eigenvalue weighted by atomic mass is 32.1. The standard InChI is InChI=1S/C14H15N3OS/c1-9-4-5-11-12(7-9)19-14(16-11)17-13(18)10-3-2-6-15-8-10/h2-3,6,8-9H,4-5,7H2,1H3,(H,16,17,18)/t9-/m0/s1. The maximum absolute atomic E-state index is 12.0. The lowest BCUT2D eigenvalue weighted by atomic mass is 9.93. The van der Waals surface area contributed by atoms with Gasteiger partial charge in [0.15, 0.2) is 5.13 Å². The summed E-state index contributed by atoms with van der Waals surface area (Å²) < 4.78 is 0. The lowest BCUT2D eigenvalue weighted by molar-refractivity contribution is 0.102. The Labute approximate surface area is 115 Å². The van der Waals surface area contributed by atoms with E-state index in [0.29, 0.717) is 10.7 Å². The number of aryl methyl sites for hydroxylation is 1. The maximum atomic E-state index is 12.0. The van der Waals surface area contributed by atoms with Crippen molar-refractivity contribution in [1.82, 2.24) is 9.97 Å². The smallest absolute Gasteiger partial charge is 0.259 e. The fourth-order valence-electron chi connectivity index (χ4n) is 2.26. The molecule has 2 heterocycles. The van der Waals surface area contributed by atoms with Crippen LogP contribution in [0.3, 0.4) is 0 Å². The number of rotatable bonds is 2. The van der Waals surface area contributed by atoms with E-state index in [0.717, 1.165) is 24.5 Å². The molecule has 0 saturated carbocycles. The van der Waals surface area contributed by atoms with E-state index in [2.05, 4.69) is 22.2 Å². The van der Waals surface area contributed by atoms with Crippen LogP contribution >= 0.6 is 11.3 Å². The monoisotopic (exact) mass is 273 g/mol. The van der Waals surface area contributed by atoms with Crippen LogP contribution in [0.4, 0.5) is 5.13 Å². The van der Waals surface area contributed by atoms with E-state index in [1.807, 2.05) is 0 Å². The predicted octanol–water partition coefficient (Wildman–Crippen LogP) is 2.92. The van der Waals surface area contributed by atoms with Crippen molar-refractivity contribution in [3.8, 4) is 0 Å². The summed E-state index contributed by atoms with van der Waals surface area (Å²) in [5.74, 6) is 0.571. The van der Waals surface area contributed by atoms with Crippen molar-refractivity contribution in [2.45, 2.75) is 26.2 Å². The van der Waals surface area contributed by atoms with E-state index < -0.39 is 0 Å². The first kappa shape index (κ1) is 12.3. The second-order valence-electron chi connectivity index (χ2n) is 4.93. The third-order valence-corrected chi connectivity index (χ3v) is 4.37. The highest BCUT2D eigenvalue weighted by Gasteiger charge is 2.20. The minimum Gasteiger partial charge on any atom is -0.298 e. The van der Waals surface area contributed by atoms with Crippen molar-refractivity contribution in [3.05, 3.63) is 40.7 Å².